The maximum atomic E-state index is 4.82. The number of para-hydroxylation sites is 1. The number of benzene rings is 1. The van der Waals surface area contributed by atoms with E-state index in [1.165, 1.54) is 31.4 Å². The second-order valence-corrected chi connectivity index (χ2v) is 6.83. The normalized spacial score (nSPS) is 19.0. The summed E-state index contributed by atoms with van der Waals surface area (Å²) in [4.78, 5) is 11.9. The fourth-order valence-corrected chi connectivity index (χ4v) is 3.68. The first-order chi connectivity index (χ1) is 12.4. The minimum absolute atomic E-state index is 0.773. The number of hydrogen-bond acceptors (Lipinski definition) is 6. The highest BCUT2D eigenvalue weighted by molar-refractivity contribution is 5.49. The Kier molecular flexibility index (Phi) is 4.95. The average molecular weight is 338 g/mol. The Hall–Kier alpha value is -2.37. The molecular weight excluding hydrogens is 312 g/mol. The molecule has 0 saturated carbocycles. The highest BCUT2D eigenvalue weighted by Crippen LogP contribution is 2.21. The van der Waals surface area contributed by atoms with Crippen molar-refractivity contribution in [2.75, 3.05) is 54.0 Å². The van der Waals surface area contributed by atoms with Gasteiger partial charge in [0, 0.05) is 45.0 Å². The third-order valence-electron chi connectivity index (χ3n) is 5.15. The van der Waals surface area contributed by atoms with Gasteiger partial charge in [0.05, 0.1) is 6.20 Å². The fraction of sp³-hybridized carbons (Fsp3) is 0.526. The zero-order valence-corrected chi connectivity index (χ0v) is 14.7. The number of aromatic nitrogens is 3. The van der Waals surface area contributed by atoms with E-state index in [0.717, 1.165) is 51.0 Å². The van der Waals surface area contributed by atoms with E-state index in [4.69, 9.17) is 4.98 Å². The number of hydrogen-bond donors (Lipinski definition) is 0. The van der Waals surface area contributed by atoms with Gasteiger partial charge in [0.25, 0.3) is 0 Å². The minimum atomic E-state index is 0.773. The Balaban J connectivity index is 1.42. The fourth-order valence-electron chi connectivity index (χ4n) is 3.68. The molecule has 0 spiro atoms. The number of piperazine rings is 1. The van der Waals surface area contributed by atoms with E-state index in [0.29, 0.717) is 0 Å². The van der Waals surface area contributed by atoms with Gasteiger partial charge in [-0.05, 0) is 25.0 Å². The van der Waals surface area contributed by atoms with E-state index in [1.54, 1.807) is 0 Å². The van der Waals surface area contributed by atoms with Crippen LogP contribution in [0.5, 0.6) is 0 Å². The molecule has 6 nitrogen and oxygen atoms in total. The Morgan fingerprint density at radius 1 is 0.680 bits per heavy atom. The van der Waals surface area contributed by atoms with Crippen molar-refractivity contribution in [1.82, 2.24) is 15.2 Å². The molecule has 2 aliphatic heterocycles. The van der Waals surface area contributed by atoms with Crippen molar-refractivity contribution in [1.29, 1.82) is 0 Å². The molecule has 6 heteroatoms. The molecule has 2 fully saturated rings. The smallest absolute Gasteiger partial charge is 0.247 e. The van der Waals surface area contributed by atoms with Gasteiger partial charge < -0.3 is 14.7 Å². The van der Waals surface area contributed by atoms with Crippen LogP contribution in [-0.2, 0) is 0 Å². The zero-order chi connectivity index (χ0) is 16.9. The molecule has 0 radical (unpaired) electrons. The van der Waals surface area contributed by atoms with E-state index in [2.05, 4.69) is 55.2 Å². The summed E-state index contributed by atoms with van der Waals surface area (Å²) in [5.41, 5.74) is 1.29. The average Bonchev–Trinajstić information content (AvgIpc) is 2.99. The Morgan fingerprint density at radius 2 is 1.36 bits per heavy atom. The summed E-state index contributed by atoms with van der Waals surface area (Å²) in [5.74, 6) is 1.76. The molecule has 25 heavy (non-hydrogen) atoms. The van der Waals surface area contributed by atoms with E-state index in [-0.39, 0.29) is 0 Å². The summed E-state index contributed by atoms with van der Waals surface area (Å²) in [6.45, 7) is 6.00. The van der Waals surface area contributed by atoms with Crippen molar-refractivity contribution < 1.29 is 0 Å². The quantitative estimate of drug-likeness (QED) is 0.857. The van der Waals surface area contributed by atoms with Crippen LogP contribution in [0.3, 0.4) is 0 Å². The molecule has 3 heterocycles. The third-order valence-corrected chi connectivity index (χ3v) is 5.15. The number of anilines is 3. The Labute approximate surface area is 149 Å². The van der Waals surface area contributed by atoms with Gasteiger partial charge in [-0.1, -0.05) is 31.0 Å². The van der Waals surface area contributed by atoms with Gasteiger partial charge in [-0.2, -0.15) is 10.1 Å². The topological polar surface area (TPSA) is 48.4 Å². The molecule has 4 rings (SSSR count). The lowest BCUT2D eigenvalue weighted by molar-refractivity contribution is 0.633. The zero-order valence-electron chi connectivity index (χ0n) is 14.7. The molecule has 0 amide bonds. The largest absolute Gasteiger partial charge is 0.368 e. The van der Waals surface area contributed by atoms with Crippen LogP contribution in [0.15, 0.2) is 36.5 Å². The third kappa shape index (κ3) is 3.83. The van der Waals surface area contributed by atoms with Gasteiger partial charge in [0.1, 0.15) is 0 Å². The van der Waals surface area contributed by atoms with Gasteiger partial charge in [-0.3, -0.25) is 0 Å². The van der Waals surface area contributed by atoms with Crippen LogP contribution < -0.4 is 14.7 Å². The second kappa shape index (κ2) is 7.68. The summed E-state index contributed by atoms with van der Waals surface area (Å²) in [6, 6.07) is 10.6. The highest BCUT2D eigenvalue weighted by Gasteiger charge is 2.21. The number of rotatable bonds is 3. The van der Waals surface area contributed by atoms with Crippen molar-refractivity contribution in [2.24, 2.45) is 0 Å². The van der Waals surface area contributed by atoms with Crippen molar-refractivity contribution in [3.8, 4) is 0 Å². The SMILES string of the molecule is c1ccc(N2CCN(c3nncc(N4CCCCCC4)n3)CC2)cc1. The van der Waals surface area contributed by atoms with E-state index in [9.17, 15) is 0 Å². The monoisotopic (exact) mass is 338 g/mol. The van der Waals surface area contributed by atoms with Crippen LogP contribution in [0.1, 0.15) is 25.7 Å². The Bertz CT molecular complexity index is 661. The lowest BCUT2D eigenvalue weighted by Gasteiger charge is -2.36. The summed E-state index contributed by atoms with van der Waals surface area (Å²) in [7, 11) is 0. The molecule has 132 valence electrons. The molecule has 2 aromatic rings. The lowest BCUT2D eigenvalue weighted by Crippen LogP contribution is -2.47. The lowest BCUT2D eigenvalue weighted by atomic mass is 10.2. The van der Waals surface area contributed by atoms with Gasteiger partial charge in [-0.15, -0.1) is 5.10 Å². The molecular formula is C19H26N6. The molecule has 0 bridgehead atoms. The van der Waals surface area contributed by atoms with Crippen molar-refractivity contribution in [3.05, 3.63) is 36.5 Å². The maximum absolute atomic E-state index is 4.82. The van der Waals surface area contributed by atoms with Crippen molar-refractivity contribution >= 4 is 17.5 Å². The van der Waals surface area contributed by atoms with E-state index >= 15 is 0 Å². The molecule has 1 aromatic carbocycles. The van der Waals surface area contributed by atoms with Crippen LogP contribution in [0.2, 0.25) is 0 Å². The molecule has 0 N–H and O–H groups in total. The first-order valence-electron chi connectivity index (χ1n) is 9.40. The molecule has 0 atom stereocenters. The van der Waals surface area contributed by atoms with Gasteiger partial charge >= 0.3 is 0 Å². The first-order valence-corrected chi connectivity index (χ1v) is 9.40. The van der Waals surface area contributed by atoms with E-state index in [1.807, 2.05) is 6.20 Å². The minimum Gasteiger partial charge on any atom is -0.368 e. The number of nitrogens with zero attached hydrogens (tertiary/aromatic N) is 6. The first kappa shape index (κ1) is 16.1. The predicted molar refractivity (Wildman–Crippen MR) is 101 cm³/mol. The molecule has 2 aliphatic rings. The van der Waals surface area contributed by atoms with Crippen molar-refractivity contribution in [2.45, 2.75) is 25.7 Å². The van der Waals surface area contributed by atoms with Crippen LogP contribution in [-0.4, -0.2) is 54.4 Å². The summed E-state index contributed by atoms with van der Waals surface area (Å²) < 4.78 is 0. The predicted octanol–water partition coefficient (Wildman–Crippen LogP) is 2.58. The summed E-state index contributed by atoms with van der Waals surface area (Å²) in [5, 5.41) is 8.53. The van der Waals surface area contributed by atoms with Crippen molar-refractivity contribution in [3.63, 3.8) is 0 Å². The highest BCUT2D eigenvalue weighted by atomic mass is 15.4. The van der Waals surface area contributed by atoms with E-state index < -0.39 is 0 Å². The van der Waals surface area contributed by atoms with Gasteiger partial charge in [0.15, 0.2) is 5.82 Å². The Morgan fingerprint density at radius 3 is 2.08 bits per heavy atom. The second-order valence-electron chi connectivity index (χ2n) is 6.83. The summed E-state index contributed by atoms with van der Waals surface area (Å²) in [6.07, 6.45) is 6.95. The van der Waals surface area contributed by atoms with Gasteiger partial charge in [0.2, 0.25) is 5.95 Å². The maximum Gasteiger partial charge on any atom is 0.247 e. The van der Waals surface area contributed by atoms with Crippen LogP contribution in [0.4, 0.5) is 17.5 Å². The van der Waals surface area contributed by atoms with Crippen LogP contribution >= 0.6 is 0 Å². The molecule has 1 aromatic heterocycles. The van der Waals surface area contributed by atoms with Crippen LogP contribution in [0.25, 0.3) is 0 Å². The van der Waals surface area contributed by atoms with Crippen LogP contribution in [0, 0.1) is 0 Å². The molecule has 2 saturated heterocycles. The molecule has 0 unspecified atom stereocenters. The standard InChI is InChI=1S/C19H26N6/c1-2-7-11-24(10-6-1)18-16-20-22-19(21-18)25-14-12-23(13-15-25)17-8-4-3-5-9-17/h3-5,8-9,16H,1-2,6-7,10-15H2. The summed E-state index contributed by atoms with van der Waals surface area (Å²) >= 11 is 0. The molecule has 0 aliphatic carbocycles. The van der Waals surface area contributed by atoms with Gasteiger partial charge in [-0.25, -0.2) is 0 Å².